The van der Waals surface area contributed by atoms with Crippen molar-refractivity contribution >= 4 is 0 Å². The third-order valence-corrected chi connectivity index (χ3v) is 3.99. The molecule has 0 bridgehead atoms. The fourth-order valence-corrected chi connectivity index (χ4v) is 3.19. The van der Waals surface area contributed by atoms with Crippen LogP contribution in [0.15, 0.2) is 30.3 Å². The van der Waals surface area contributed by atoms with E-state index in [1.807, 2.05) is 0 Å². The molecule has 0 aliphatic rings. The number of benzene rings is 1. The minimum atomic E-state index is 1.21. The van der Waals surface area contributed by atoms with Crippen LogP contribution < -0.4 is 0 Å². The molecular formula is C18H32N+. The molecule has 0 radical (unpaired) electrons. The van der Waals surface area contributed by atoms with E-state index in [1.54, 1.807) is 0 Å². The van der Waals surface area contributed by atoms with Gasteiger partial charge in [0.1, 0.15) is 6.54 Å². The molecule has 1 aromatic carbocycles. The minimum absolute atomic E-state index is 1.21. The minimum Gasteiger partial charge on any atom is -0.320 e. The van der Waals surface area contributed by atoms with Gasteiger partial charge in [-0.15, -0.1) is 0 Å². The summed E-state index contributed by atoms with van der Waals surface area (Å²) in [5.74, 6) is 0. The second kappa shape index (κ2) is 9.14. The van der Waals surface area contributed by atoms with Gasteiger partial charge in [0, 0.05) is 5.56 Å². The van der Waals surface area contributed by atoms with Gasteiger partial charge in [0.25, 0.3) is 0 Å². The molecule has 1 heteroatoms. The highest BCUT2D eigenvalue weighted by Gasteiger charge is 2.25. The van der Waals surface area contributed by atoms with E-state index in [4.69, 9.17) is 0 Å². The second-order valence-electron chi connectivity index (χ2n) is 5.86. The highest BCUT2D eigenvalue weighted by Crippen LogP contribution is 2.18. The van der Waals surface area contributed by atoms with Crippen molar-refractivity contribution in [2.24, 2.45) is 0 Å². The van der Waals surface area contributed by atoms with E-state index in [-0.39, 0.29) is 0 Å². The summed E-state index contributed by atoms with van der Waals surface area (Å²) >= 11 is 0. The van der Waals surface area contributed by atoms with Gasteiger partial charge in [0.15, 0.2) is 0 Å². The Bertz CT molecular complexity index is 312. The lowest BCUT2D eigenvalue weighted by Gasteiger charge is -2.39. The zero-order valence-corrected chi connectivity index (χ0v) is 13.2. The molecule has 0 unspecified atom stereocenters. The standard InChI is InChI=1S/C18H32N/c1-4-7-11-16-19(14-5-2,15-6-3)17-18-12-9-8-10-13-18/h8-10,12-13H,4-7,11,14-17H2,1-3H3/q+1. The van der Waals surface area contributed by atoms with Crippen molar-refractivity contribution < 1.29 is 4.48 Å². The maximum atomic E-state index is 2.33. The number of quaternary nitrogens is 1. The first-order chi connectivity index (χ1) is 9.26. The van der Waals surface area contributed by atoms with Gasteiger partial charge in [0.05, 0.1) is 19.6 Å². The number of rotatable bonds is 10. The molecular weight excluding hydrogens is 230 g/mol. The quantitative estimate of drug-likeness (QED) is 0.410. The van der Waals surface area contributed by atoms with Crippen molar-refractivity contribution in [3.05, 3.63) is 35.9 Å². The van der Waals surface area contributed by atoms with E-state index in [0.717, 1.165) is 0 Å². The number of hydrogen-bond acceptors (Lipinski definition) is 0. The number of nitrogens with zero attached hydrogens (tertiary/aromatic N) is 1. The summed E-state index contributed by atoms with van der Waals surface area (Å²) in [7, 11) is 0. The predicted molar refractivity (Wildman–Crippen MR) is 85.1 cm³/mol. The van der Waals surface area contributed by atoms with Crippen LogP contribution in [-0.2, 0) is 6.54 Å². The molecule has 0 aliphatic carbocycles. The monoisotopic (exact) mass is 262 g/mol. The molecule has 0 saturated carbocycles. The molecule has 0 amide bonds. The molecule has 0 aliphatic heterocycles. The van der Waals surface area contributed by atoms with Crippen LogP contribution in [0.4, 0.5) is 0 Å². The summed E-state index contributed by atoms with van der Waals surface area (Å²) in [6, 6.07) is 11.0. The summed E-state index contributed by atoms with van der Waals surface area (Å²) in [5.41, 5.74) is 1.50. The fraction of sp³-hybridized carbons (Fsp3) is 0.667. The Morgan fingerprint density at radius 3 is 1.89 bits per heavy atom. The summed E-state index contributed by atoms with van der Waals surface area (Å²) in [6.45, 7) is 12.2. The lowest BCUT2D eigenvalue weighted by molar-refractivity contribution is -0.941. The SMILES string of the molecule is CCCCC[N+](CCC)(CCC)Cc1ccccc1. The third-order valence-electron chi connectivity index (χ3n) is 3.99. The van der Waals surface area contributed by atoms with E-state index in [2.05, 4.69) is 51.1 Å². The van der Waals surface area contributed by atoms with Crippen LogP contribution in [0.25, 0.3) is 0 Å². The number of unbranched alkanes of at least 4 members (excludes halogenated alkanes) is 2. The Labute approximate surface area is 120 Å². The van der Waals surface area contributed by atoms with Crippen molar-refractivity contribution in [3.63, 3.8) is 0 Å². The van der Waals surface area contributed by atoms with Gasteiger partial charge in [-0.05, 0) is 25.7 Å². The Morgan fingerprint density at radius 1 is 0.737 bits per heavy atom. The van der Waals surface area contributed by atoms with Crippen molar-refractivity contribution in [3.8, 4) is 0 Å². The summed E-state index contributed by atoms with van der Waals surface area (Å²) < 4.78 is 1.29. The van der Waals surface area contributed by atoms with Crippen molar-refractivity contribution in [2.75, 3.05) is 19.6 Å². The maximum Gasteiger partial charge on any atom is 0.104 e. The molecule has 1 nitrogen and oxygen atoms in total. The molecule has 0 aromatic heterocycles. The zero-order chi connectivity index (χ0) is 14.0. The summed E-state index contributed by atoms with van der Waals surface area (Å²) in [5, 5.41) is 0. The largest absolute Gasteiger partial charge is 0.320 e. The van der Waals surface area contributed by atoms with Crippen LogP contribution in [0.1, 0.15) is 58.4 Å². The lowest BCUT2D eigenvalue weighted by atomic mass is 10.1. The summed E-state index contributed by atoms with van der Waals surface area (Å²) in [4.78, 5) is 0. The highest BCUT2D eigenvalue weighted by molar-refractivity contribution is 5.13. The van der Waals surface area contributed by atoms with E-state index in [0.29, 0.717) is 0 Å². The highest BCUT2D eigenvalue weighted by atomic mass is 15.3. The molecule has 0 atom stereocenters. The molecule has 0 fully saturated rings. The van der Waals surface area contributed by atoms with Crippen LogP contribution in [0.2, 0.25) is 0 Å². The van der Waals surface area contributed by atoms with Crippen LogP contribution in [0.3, 0.4) is 0 Å². The van der Waals surface area contributed by atoms with Crippen LogP contribution in [0, 0.1) is 0 Å². The lowest BCUT2D eigenvalue weighted by Crippen LogP contribution is -2.49. The zero-order valence-electron chi connectivity index (χ0n) is 13.2. The van der Waals surface area contributed by atoms with Gasteiger partial charge in [-0.1, -0.05) is 57.5 Å². The first kappa shape index (κ1) is 16.2. The third kappa shape index (κ3) is 5.78. The number of hydrogen-bond donors (Lipinski definition) is 0. The van der Waals surface area contributed by atoms with Gasteiger partial charge in [-0.25, -0.2) is 0 Å². The van der Waals surface area contributed by atoms with Crippen molar-refractivity contribution in [2.45, 2.75) is 59.4 Å². The first-order valence-electron chi connectivity index (χ1n) is 8.15. The van der Waals surface area contributed by atoms with Crippen LogP contribution in [0.5, 0.6) is 0 Å². The van der Waals surface area contributed by atoms with Crippen molar-refractivity contribution in [1.29, 1.82) is 0 Å². The first-order valence-corrected chi connectivity index (χ1v) is 8.15. The maximum absolute atomic E-state index is 2.33. The summed E-state index contributed by atoms with van der Waals surface area (Å²) in [6.07, 6.45) is 6.66. The van der Waals surface area contributed by atoms with Crippen molar-refractivity contribution in [1.82, 2.24) is 0 Å². The molecule has 1 aromatic rings. The molecule has 0 heterocycles. The van der Waals surface area contributed by atoms with E-state index in [9.17, 15) is 0 Å². The van der Waals surface area contributed by atoms with E-state index < -0.39 is 0 Å². The molecule has 0 saturated heterocycles. The Hall–Kier alpha value is -0.820. The smallest absolute Gasteiger partial charge is 0.104 e. The molecule has 19 heavy (non-hydrogen) atoms. The molecule has 108 valence electrons. The van der Waals surface area contributed by atoms with Gasteiger partial charge < -0.3 is 4.48 Å². The normalized spacial score (nSPS) is 11.7. The Morgan fingerprint density at radius 2 is 1.37 bits per heavy atom. The predicted octanol–water partition coefficient (Wildman–Crippen LogP) is 5.01. The molecule has 1 rings (SSSR count). The second-order valence-corrected chi connectivity index (χ2v) is 5.86. The van der Waals surface area contributed by atoms with Crippen LogP contribution in [-0.4, -0.2) is 24.1 Å². The van der Waals surface area contributed by atoms with Gasteiger partial charge >= 0.3 is 0 Å². The average molecular weight is 262 g/mol. The van der Waals surface area contributed by atoms with Gasteiger partial charge in [0.2, 0.25) is 0 Å². The fourth-order valence-electron chi connectivity index (χ4n) is 3.19. The molecule has 0 N–H and O–H groups in total. The van der Waals surface area contributed by atoms with E-state index >= 15 is 0 Å². The van der Waals surface area contributed by atoms with Gasteiger partial charge in [-0.2, -0.15) is 0 Å². The van der Waals surface area contributed by atoms with Gasteiger partial charge in [-0.3, -0.25) is 0 Å². The molecule has 0 spiro atoms. The van der Waals surface area contributed by atoms with E-state index in [1.165, 1.54) is 68.3 Å². The Balaban J connectivity index is 2.75. The van der Waals surface area contributed by atoms with Crippen LogP contribution >= 0.6 is 0 Å². The topological polar surface area (TPSA) is 0 Å². The average Bonchev–Trinajstić information content (AvgIpc) is 2.41. The Kier molecular flexibility index (Phi) is 7.81.